The van der Waals surface area contributed by atoms with Crippen LogP contribution in [0.4, 0.5) is 10.5 Å². The highest BCUT2D eigenvalue weighted by atomic mass is 79.9. The third-order valence-corrected chi connectivity index (χ3v) is 8.31. The Kier molecular flexibility index (Phi) is 8.10. The van der Waals surface area contributed by atoms with Gasteiger partial charge in [0.2, 0.25) is 11.8 Å². The average Bonchev–Trinajstić information content (AvgIpc) is 3.37. The number of halogens is 2. The molecule has 2 aliphatic heterocycles. The van der Waals surface area contributed by atoms with Crippen molar-refractivity contribution in [2.24, 2.45) is 17.6 Å². The number of carbonyl (C=O) groups is 4. The molecule has 2 fully saturated rings. The van der Waals surface area contributed by atoms with E-state index in [1.54, 1.807) is 31.2 Å². The molecule has 4 amide bonds. The minimum atomic E-state index is -1.82. The number of hydrogen-bond donors (Lipinski definition) is 4. The highest BCUT2D eigenvalue weighted by molar-refractivity contribution is 9.10. The number of carboxylic acid groups (broad SMARTS) is 1. The van der Waals surface area contributed by atoms with Gasteiger partial charge >= 0.3 is 12.0 Å². The van der Waals surface area contributed by atoms with Crippen molar-refractivity contribution in [3.05, 3.63) is 51.0 Å². The summed E-state index contributed by atoms with van der Waals surface area (Å²) in [6.07, 6.45) is 0.127. The zero-order chi connectivity index (χ0) is 28.6. The molecule has 4 atom stereocenters. The van der Waals surface area contributed by atoms with Gasteiger partial charge in [0.25, 0.3) is 0 Å². The Hall–Kier alpha value is -3.35. The van der Waals surface area contributed by atoms with Crippen LogP contribution >= 0.6 is 27.5 Å². The molecular weight excluding hydrogens is 596 g/mol. The Morgan fingerprint density at radius 2 is 1.92 bits per heavy atom. The Labute approximate surface area is 238 Å². The number of methoxy groups -OCH3 is 2. The van der Waals surface area contributed by atoms with Crippen molar-refractivity contribution in [2.75, 3.05) is 25.7 Å². The van der Waals surface area contributed by atoms with Gasteiger partial charge in [-0.3, -0.25) is 19.7 Å². The highest BCUT2D eigenvalue weighted by Crippen LogP contribution is 2.52. The number of amides is 4. The SMILES string of the molecule is COc1cc(C2NC(CCCNC(N)=O)(C(=O)O)C3C(=O)N(c4ccc(C)c(Cl)c4)C(=O)C23)cc(Br)c1OC. The van der Waals surface area contributed by atoms with Crippen LogP contribution in [-0.4, -0.2) is 55.2 Å². The van der Waals surface area contributed by atoms with Gasteiger partial charge < -0.3 is 25.6 Å². The van der Waals surface area contributed by atoms with Gasteiger partial charge in [0.05, 0.1) is 36.2 Å². The molecule has 4 rings (SSSR count). The van der Waals surface area contributed by atoms with Crippen LogP contribution < -0.4 is 30.7 Å². The standard InChI is InChI=1S/C26H28BrClN4O7/c1-12-5-6-14(11-16(12)28)32-22(33)18-19(23(32)34)26(24(35)36,7-4-8-30-25(29)37)31-20(18)13-9-15(27)21(39-3)17(10-13)38-2/h5-6,9-11,18-20,31H,4,7-8H2,1-3H3,(H,35,36)(H3,29,30,37). The maximum Gasteiger partial charge on any atom is 0.324 e. The van der Waals surface area contributed by atoms with E-state index in [1.807, 2.05) is 0 Å². The quantitative estimate of drug-likeness (QED) is 0.245. The largest absolute Gasteiger partial charge is 0.493 e. The molecule has 2 aromatic rings. The Balaban J connectivity index is 1.84. The molecule has 2 saturated heterocycles. The van der Waals surface area contributed by atoms with Crippen LogP contribution in [0.3, 0.4) is 0 Å². The van der Waals surface area contributed by atoms with Crippen molar-refractivity contribution in [2.45, 2.75) is 31.3 Å². The van der Waals surface area contributed by atoms with E-state index >= 15 is 0 Å². The monoisotopic (exact) mass is 622 g/mol. The Morgan fingerprint density at radius 1 is 1.21 bits per heavy atom. The minimum absolute atomic E-state index is 0.0593. The number of benzene rings is 2. The lowest BCUT2D eigenvalue weighted by Gasteiger charge is -2.31. The third kappa shape index (κ3) is 4.92. The molecule has 0 aromatic heterocycles. The van der Waals surface area contributed by atoms with E-state index in [-0.39, 0.29) is 25.1 Å². The van der Waals surface area contributed by atoms with Crippen molar-refractivity contribution < 1.29 is 33.8 Å². The summed E-state index contributed by atoms with van der Waals surface area (Å²) in [5, 5.41) is 16.5. The highest BCUT2D eigenvalue weighted by Gasteiger charge is 2.68. The lowest BCUT2D eigenvalue weighted by atomic mass is 9.77. The summed E-state index contributed by atoms with van der Waals surface area (Å²) in [6.45, 7) is 1.88. The number of nitrogens with one attached hydrogen (secondary N) is 2. The fourth-order valence-corrected chi connectivity index (χ4v) is 6.29. The number of aryl methyl sites for hydroxylation is 1. The number of aliphatic carboxylic acids is 1. The minimum Gasteiger partial charge on any atom is -0.493 e. The summed E-state index contributed by atoms with van der Waals surface area (Å²) in [5.41, 5.74) is 4.88. The van der Waals surface area contributed by atoms with E-state index in [1.165, 1.54) is 20.3 Å². The van der Waals surface area contributed by atoms with Crippen LogP contribution in [0.1, 0.15) is 30.0 Å². The van der Waals surface area contributed by atoms with Gasteiger partial charge in [-0.15, -0.1) is 0 Å². The second-order valence-corrected chi connectivity index (χ2v) is 10.7. The summed E-state index contributed by atoms with van der Waals surface area (Å²) >= 11 is 9.75. The summed E-state index contributed by atoms with van der Waals surface area (Å²) < 4.78 is 11.4. The van der Waals surface area contributed by atoms with Gasteiger partial charge in [0.1, 0.15) is 5.54 Å². The summed E-state index contributed by atoms with van der Waals surface area (Å²) in [5.74, 6) is -4.00. The molecule has 13 heteroatoms. The van der Waals surface area contributed by atoms with Crippen molar-refractivity contribution in [1.82, 2.24) is 10.6 Å². The molecule has 208 valence electrons. The number of anilines is 1. The predicted molar refractivity (Wildman–Crippen MR) is 146 cm³/mol. The van der Waals surface area contributed by atoms with Gasteiger partial charge in [0.15, 0.2) is 11.5 Å². The predicted octanol–water partition coefficient (Wildman–Crippen LogP) is 3.15. The average molecular weight is 624 g/mol. The van der Waals surface area contributed by atoms with Gasteiger partial charge in [-0.25, -0.2) is 9.69 Å². The molecule has 0 aliphatic carbocycles. The number of nitrogens with two attached hydrogens (primary N) is 1. The topological polar surface area (TPSA) is 160 Å². The number of carboxylic acids is 1. The molecule has 2 aromatic carbocycles. The number of primary amides is 1. The molecule has 0 bridgehead atoms. The summed E-state index contributed by atoms with van der Waals surface area (Å²) in [7, 11) is 2.94. The van der Waals surface area contributed by atoms with E-state index < -0.39 is 47.2 Å². The third-order valence-electron chi connectivity index (χ3n) is 7.31. The fraction of sp³-hybridized carbons (Fsp3) is 0.385. The molecule has 2 heterocycles. The van der Waals surface area contributed by atoms with E-state index in [0.29, 0.717) is 26.6 Å². The number of fused-ring (bicyclic) bond motifs is 1. The molecular formula is C26H28BrClN4O7. The summed E-state index contributed by atoms with van der Waals surface area (Å²) in [4.78, 5) is 53.0. The second kappa shape index (κ2) is 11.0. The molecule has 2 aliphatic rings. The number of rotatable bonds is 9. The van der Waals surface area contributed by atoms with Gasteiger partial charge in [-0.05, 0) is 71.1 Å². The van der Waals surface area contributed by atoms with Crippen molar-refractivity contribution >= 4 is 57.0 Å². The number of urea groups is 1. The summed E-state index contributed by atoms with van der Waals surface area (Å²) in [6, 6.07) is 6.54. The van der Waals surface area contributed by atoms with Crippen LogP contribution in [0, 0.1) is 18.8 Å². The molecule has 5 N–H and O–H groups in total. The number of ether oxygens (including phenoxy) is 2. The smallest absolute Gasteiger partial charge is 0.324 e. The van der Waals surface area contributed by atoms with E-state index in [9.17, 15) is 24.3 Å². The first-order chi connectivity index (χ1) is 18.5. The van der Waals surface area contributed by atoms with E-state index in [4.69, 9.17) is 26.8 Å². The second-order valence-electron chi connectivity index (χ2n) is 9.48. The maximum absolute atomic E-state index is 14.0. The molecule has 11 nitrogen and oxygen atoms in total. The number of hydrogen-bond acceptors (Lipinski definition) is 7. The van der Waals surface area contributed by atoms with Crippen molar-refractivity contribution in [3.8, 4) is 11.5 Å². The Morgan fingerprint density at radius 3 is 2.51 bits per heavy atom. The van der Waals surface area contributed by atoms with Crippen LogP contribution in [0.15, 0.2) is 34.8 Å². The van der Waals surface area contributed by atoms with E-state index in [0.717, 1.165) is 10.5 Å². The first kappa shape index (κ1) is 28.7. The number of imide groups is 1. The first-order valence-corrected chi connectivity index (χ1v) is 13.2. The lowest BCUT2D eigenvalue weighted by Crippen LogP contribution is -2.56. The molecule has 4 unspecified atom stereocenters. The van der Waals surface area contributed by atoms with Crippen LogP contribution in [0.2, 0.25) is 5.02 Å². The van der Waals surface area contributed by atoms with Crippen LogP contribution in [0.5, 0.6) is 11.5 Å². The lowest BCUT2D eigenvalue weighted by molar-refractivity contribution is -0.149. The van der Waals surface area contributed by atoms with Gasteiger partial charge in [0, 0.05) is 17.6 Å². The number of nitrogens with zero attached hydrogens (tertiary/aromatic N) is 1. The van der Waals surface area contributed by atoms with Crippen LogP contribution in [0.25, 0.3) is 0 Å². The molecule has 0 spiro atoms. The number of carbonyl (C=O) groups excluding carboxylic acids is 3. The van der Waals surface area contributed by atoms with E-state index in [2.05, 4.69) is 26.6 Å². The fourth-order valence-electron chi connectivity index (χ4n) is 5.49. The zero-order valence-electron chi connectivity index (χ0n) is 21.4. The zero-order valence-corrected chi connectivity index (χ0v) is 23.8. The first-order valence-electron chi connectivity index (χ1n) is 12.1. The van der Waals surface area contributed by atoms with Crippen molar-refractivity contribution in [3.63, 3.8) is 0 Å². The Bertz CT molecular complexity index is 1360. The molecule has 0 radical (unpaired) electrons. The molecule has 39 heavy (non-hydrogen) atoms. The van der Waals surface area contributed by atoms with Crippen LogP contribution in [-0.2, 0) is 14.4 Å². The van der Waals surface area contributed by atoms with Gasteiger partial charge in [-0.2, -0.15) is 0 Å². The van der Waals surface area contributed by atoms with Crippen molar-refractivity contribution in [1.29, 1.82) is 0 Å². The normalized spacial score (nSPS) is 24.0. The molecule has 0 saturated carbocycles. The maximum atomic E-state index is 14.0. The van der Waals surface area contributed by atoms with Gasteiger partial charge in [-0.1, -0.05) is 17.7 Å².